The highest BCUT2D eigenvalue weighted by molar-refractivity contribution is 5.79. The molecule has 2 saturated heterocycles. The number of rotatable bonds is 7. The molecule has 0 atom stereocenters. The third-order valence-electron chi connectivity index (χ3n) is 5.33. The van der Waals surface area contributed by atoms with Gasteiger partial charge in [0, 0.05) is 44.4 Å². The summed E-state index contributed by atoms with van der Waals surface area (Å²) in [4.78, 5) is 19.5. The van der Waals surface area contributed by atoms with Crippen LogP contribution >= 0.6 is 0 Å². The van der Waals surface area contributed by atoms with Crippen molar-refractivity contribution in [1.82, 2.24) is 15.2 Å². The monoisotopic (exact) mass is 331 g/mol. The summed E-state index contributed by atoms with van der Waals surface area (Å²) in [6, 6.07) is 6.07. The van der Waals surface area contributed by atoms with Crippen LogP contribution in [0.15, 0.2) is 24.4 Å². The minimum atomic E-state index is 0.0850. The summed E-state index contributed by atoms with van der Waals surface area (Å²) in [5.41, 5.74) is 1.20. The number of carbonyl (C=O) groups is 1. The molecule has 1 aromatic rings. The minimum absolute atomic E-state index is 0.0850. The van der Waals surface area contributed by atoms with E-state index >= 15 is 0 Å². The first kappa shape index (κ1) is 17.5. The van der Waals surface area contributed by atoms with E-state index in [0.29, 0.717) is 18.6 Å². The van der Waals surface area contributed by atoms with Crippen molar-refractivity contribution < 1.29 is 9.53 Å². The van der Waals surface area contributed by atoms with Gasteiger partial charge in [0.1, 0.15) is 5.78 Å². The van der Waals surface area contributed by atoms with Crippen LogP contribution < -0.4 is 5.32 Å². The molecule has 0 radical (unpaired) electrons. The Hall–Kier alpha value is -1.30. The van der Waals surface area contributed by atoms with Gasteiger partial charge in [-0.15, -0.1) is 0 Å². The van der Waals surface area contributed by atoms with Gasteiger partial charge in [-0.2, -0.15) is 0 Å². The zero-order chi connectivity index (χ0) is 16.7. The van der Waals surface area contributed by atoms with Crippen LogP contribution in [-0.4, -0.2) is 61.6 Å². The zero-order valence-electron chi connectivity index (χ0n) is 14.5. The van der Waals surface area contributed by atoms with Crippen LogP contribution in [0.4, 0.5) is 0 Å². The number of nitrogens with zero attached hydrogens (tertiary/aromatic N) is 2. The van der Waals surface area contributed by atoms with E-state index in [1.165, 1.54) is 0 Å². The number of piperidine rings is 1. The van der Waals surface area contributed by atoms with E-state index in [1.807, 2.05) is 18.3 Å². The van der Waals surface area contributed by atoms with E-state index in [1.54, 1.807) is 0 Å². The summed E-state index contributed by atoms with van der Waals surface area (Å²) in [6.45, 7) is 6.38. The highest BCUT2D eigenvalue weighted by atomic mass is 16.5. The second-order valence-electron chi connectivity index (χ2n) is 7.17. The number of pyridine rings is 1. The summed E-state index contributed by atoms with van der Waals surface area (Å²) in [5, 5.41) is 3.43. The Morgan fingerprint density at radius 2 is 2.04 bits per heavy atom. The maximum atomic E-state index is 12.7. The summed E-state index contributed by atoms with van der Waals surface area (Å²) in [5.74, 6) is 0.402. The van der Waals surface area contributed by atoms with Crippen molar-refractivity contribution in [2.45, 2.75) is 32.1 Å². The first-order valence-corrected chi connectivity index (χ1v) is 9.18. The molecule has 3 rings (SSSR count). The van der Waals surface area contributed by atoms with Gasteiger partial charge in [-0.3, -0.25) is 14.7 Å². The molecule has 2 fully saturated rings. The summed E-state index contributed by atoms with van der Waals surface area (Å²) in [7, 11) is 0. The number of morpholine rings is 1. The molecule has 2 aliphatic heterocycles. The number of ether oxygens (including phenoxy) is 1. The number of hydrogen-bond donors (Lipinski definition) is 1. The van der Waals surface area contributed by atoms with E-state index < -0.39 is 0 Å². The van der Waals surface area contributed by atoms with Gasteiger partial charge in [0.05, 0.1) is 13.2 Å². The second kappa shape index (κ2) is 8.70. The summed E-state index contributed by atoms with van der Waals surface area (Å²) < 4.78 is 5.37. The lowest BCUT2D eigenvalue weighted by Crippen LogP contribution is -2.41. The smallest absolute Gasteiger partial charge is 0.134 e. The molecule has 5 heteroatoms. The Kier molecular flexibility index (Phi) is 6.35. The third kappa shape index (κ3) is 5.10. The standard InChI is InChI=1S/C19H29N3O2/c23-18(4-10-22-11-13-24-14-12-22)16-19(5-8-20-9-6-19)15-17-3-1-2-7-21-17/h1-3,7,20H,4-6,8-16H2. The van der Waals surface area contributed by atoms with Gasteiger partial charge in [0.25, 0.3) is 0 Å². The fraction of sp³-hybridized carbons (Fsp3) is 0.684. The van der Waals surface area contributed by atoms with Gasteiger partial charge in [-0.1, -0.05) is 6.07 Å². The van der Waals surface area contributed by atoms with E-state index in [2.05, 4.69) is 21.3 Å². The van der Waals surface area contributed by atoms with Gasteiger partial charge >= 0.3 is 0 Å². The Balaban J connectivity index is 1.55. The molecule has 24 heavy (non-hydrogen) atoms. The van der Waals surface area contributed by atoms with Crippen LogP contribution in [0.2, 0.25) is 0 Å². The quantitative estimate of drug-likeness (QED) is 0.824. The van der Waals surface area contributed by atoms with Crippen molar-refractivity contribution in [1.29, 1.82) is 0 Å². The van der Waals surface area contributed by atoms with Crippen molar-refractivity contribution in [2.75, 3.05) is 45.9 Å². The number of nitrogens with one attached hydrogen (secondary N) is 1. The Bertz CT molecular complexity index is 509. The van der Waals surface area contributed by atoms with Crippen molar-refractivity contribution in [3.63, 3.8) is 0 Å². The molecule has 0 aliphatic carbocycles. The first-order chi connectivity index (χ1) is 11.8. The van der Waals surface area contributed by atoms with Crippen LogP contribution in [0.25, 0.3) is 0 Å². The topological polar surface area (TPSA) is 54.5 Å². The number of hydrogen-bond acceptors (Lipinski definition) is 5. The largest absolute Gasteiger partial charge is 0.379 e. The van der Waals surface area contributed by atoms with Gasteiger partial charge in [0.2, 0.25) is 0 Å². The fourth-order valence-electron chi connectivity index (χ4n) is 3.87. The molecular weight excluding hydrogens is 302 g/mol. The van der Waals surface area contributed by atoms with Crippen LogP contribution in [0.3, 0.4) is 0 Å². The number of ketones is 1. The van der Waals surface area contributed by atoms with Crippen molar-refractivity contribution in [3.05, 3.63) is 30.1 Å². The van der Waals surface area contributed by atoms with Gasteiger partial charge in [-0.05, 0) is 49.9 Å². The average Bonchev–Trinajstić information content (AvgIpc) is 2.62. The van der Waals surface area contributed by atoms with Gasteiger partial charge < -0.3 is 10.1 Å². The fourth-order valence-corrected chi connectivity index (χ4v) is 3.87. The van der Waals surface area contributed by atoms with E-state index in [4.69, 9.17) is 4.74 Å². The van der Waals surface area contributed by atoms with Crippen molar-refractivity contribution in [3.8, 4) is 0 Å². The molecule has 3 heterocycles. The number of aromatic nitrogens is 1. The number of carbonyl (C=O) groups excluding carboxylic acids is 1. The average molecular weight is 331 g/mol. The van der Waals surface area contributed by atoms with Crippen molar-refractivity contribution in [2.24, 2.45) is 5.41 Å². The predicted octanol–water partition coefficient (Wildman–Crippen LogP) is 1.68. The Morgan fingerprint density at radius 1 is 1.25 bits per heavy atom. The molecule has 0 amide bonds. The van der Waals surface area contributed by atoms with Crippen molar-refractivity contribution >= 4 is 5.78 Å². The predicted molar refractivity (Wildman–Crippen MR) is 94.0 cm³/mol. The first-order valence-electron chi connectivity index (χ1n) is 9.18. The Labute approximate surface area is 144 Å². The van der Waals surface area contributed by atoms with E-state index in [9.17, 15) is 4.79 Å². The SMILES string of the molecule is O=C(CCN1CCOCC1)CC1(Cc2ccccn2)CCNCC1. The molecular formula is C19H29N3O2. The lowest BCUT2D eigenvalue weighted by Gasteiger charge is -2.37. The molecule has 1 aromatic heterocycles. The lowest BCUT2D eigenvalue weighted by atomic mass is 9.71. The molecule has 132 valence electrons. The lowest BCUT2D eigenvalue weighted by molar-refractivity contribution is -0.122. The number of Topliss-reactive ketones (excluding diaryl/α,β-unsaturated/α-hetero) is 1. The van der Waals surface area contributed by atoms with Crippen LogP contribution in [0, 0.1) is 5.41 Å². The zero-order valence-corrected chi connectivity index (χ0v) is 14.5. The summed E-state index contributed by atoms with van der Waals surface area (Å²) in [6.07, 6.45) is 6.25. The normalized spacial score (nSPS) is 21.5. The van der Waals surface area contributed by atoms with Crippen LogP contribution in [0.1, 0.15) is 31.4 Å². The molecule has 0 saturated carbocycles. The Morgan fingerprint density at radius 3 is 2.75 bits per heavy atom. The third-order valence-corrected chi connectivity index (χ3v) is 5.33. The molecule has 5 nitrogen and oxygen atoms in total. The maximum absolute atomic E-state index is 12.7. The van der Waals surface area contributed by atoms with Gasteiger partial charge in [-0.25, -0.2) is 0 Å². The highest BCUT2D eigenvalue weighted by Crippen LogP contribution is 2.36. The highest BCUT2D eigenvalue weighted by Gasteiger charge is 2.34. The summed E-state index contributed by atoms with van der Waals surface area (Å²) >= 11 is 0. The van der Waals surface area contributed by atoms with Crippen LogP contribution in [0.5, 0.6) is 0 Å². The molecule has 0 spiro atoms. The second-order valence-corrected chi connectivity index (χ2v) is 7.17. The maximum Gasteiger partial charge on any atom is 0.134 e. The molecule has 2 aliphatic rings. The molecule has 0 bridgehead atoms. The van der Waals surface area contributed by atoms with E-state index in [0.717, 1.165) is 70.9 Å². The minimum Gasteiger partial charge on any atom is -0.379 e. The molecule has 1 N–H and O–H groups in total. The van der Waals surface area contributed by atoms with E-state index in [-0.39, 0.29) is 5.41 Å². The van der Waals surface area contributed by atoms with Gasteiger partial charge in [0.15, 0.2) is 0 Å². The molecule has 0 aromatic carbocycles. The molecule has 0 unspecified atom stereocenters. The van der Waals surface area contributed by atoms with Crippen LogP contribution in [-0.2, 0) is 16.0 Å².